The Morgan fingerprint density at radius 1 is 0.727 bits per heavy atom. The molecule has 0 spiro atoms. The van der Waals surface area contributed by atoms with Gasteiger partial charge in [0.15, 0.2) is 6.23 Å². The Kier molecular flexibility index (Phi) is 26.4. The number of carbonyl (C=O) groups excluding carboxylic acids is 7. The lowest BCUT2D eigenvalue weighted by atomic mass is 9.91. The Bertz CT molecular complexity index is 2070. The number of benzene rings is 1. The zero-order valence-electron chi connectivity index (χ0n) is 44.9. The monoisotopic (exact) mass is 1090 g/mol. The SMILES string of the molecule is CCC(C)CC(C)CCCCCCCCC(=O)N[C@H]1C[C@@H](O)[C@@H](OCCN)NC(=O)[C@@H]2[C@@H](O)CCN2C(=O)[C@H]([C@H](O)CCN)NC(=O)[C@H]([C@H](O)[C@@H](O)c2ccc(O)cc2)NC(=O)[C@@H]2C[C@@H](O)CN2C(=O)[C@H]([C@@H](C)O)NC1=O. The average molecular weight is 1090 g/mol. The van der Waals surface area contributed by atoms with Crippen LogP contribution in [0.3, 0.4) is 0 Å². The van der Waals surface area contributed by atoms with E-state index in [4.69, 9.17) is 16.2 Å². The van der Waals surface area contributed by atoms with Crippen molar-refractivity contribution in [1.82, 2.24) is 36.4 Å². The van der Waals surface area contributed by atoms with E-state index in [1.807, 2.05) is 0 Å². The number of nitrogens with zero attached hydrogens (tertiary/aromatic N) is 2. The van der Waals surface area contributed by atoms with Crippen LogP contribution in [-0.4, -0.2) is 204 Å². The summed E-state index contributed by atoms with van der Waals surface area (Å²) in [7, 11) is 0. The van der Waals surface area contributed by atoms with E-state index in [9.17, 15) is 74.4 Å². The lowest BCUT2D eigenvalue weighted by molar-refractivity contribution is -0.149. The molecule has 0 bridgehead atoms. The van der Waals surface area contributed by atoms with Gasteiger partial charge in [0, 0.05) is 38.9 Å². The molecule has 16 atom stereocenters. The fourth-order valence-electron chi connectivity index (χ4n) is 10.1. The molecule has 0 saturated carbocycles. The van der Waals surface area contributed by atoms with Crippen molar-refractivity contribution in [3.63, 3.8) is 0 Å². The summed E-state index contributed by atoms with van der Waals surface area (Å²) in [5.74, 6) is -6.60. The van der Waals surface area contributed by atoms with Gasteiger partial charge in [-0.05, 0) is 68.7 Å². The number of nitrogens with one attached hydrogen (secondary N) is 5. The van der Waals surface area contributed by atoms with Gasteiger partial charge in [-0.25, -0.2) is 0 Å². The Morgan fingerprint density at radius 2 is 1.35 bits per heavy atom. The van der Waals surface area contributed by atoms with Crippen molar-refractivity contribution in [3.05, 3.63) is 29.8 Å². The molecule has 25 nitrogen and oxygen atoms in total. The summed E-state index contributed by atoms with van der Waals surface area (Å²) in [6, 6.07) is -6.54. The van der Waals surface area contributed by atoms with Crippen molar-refractivity contribution in [2.24, 2.45) is 23.3 Å². The minimum Gasteiger partial charge on any atom is -0.508 e. The van der Waals surface area contributed by atoms with Gasteiger partial charge in [0.25, 0.3) is 0 Å². The smallest absolute Gasteiger partial charge is 0.248 e. The van der Waals surface area contributed by atoms with E-state index >= 15 is 0 Å². The molecule has 3 saturated heterocycles. The molecule has 1 aromatic rings. The van der Waals surface area contributed by atoms with Crippen LogP contribution in [0.5, 0.6) is 5.75 Å². The number of unbranched alkanes of at least 4 members (excludes halogenated alkanes) is 5. The summed E-state index contributed by atoms with van der Waals surface area (Å²) >= 11 is 0. The van der Waals surface area contributed by atoms with Crippen LogP contribution in [-0.2, 0) is 38.3 Å². The number of nitrogens with two attached hydrogens (primary N) is 2. The van der Waals surface area contributed by atoms with E-state index < -0.39 is 146 Å². The normalized spacial score (nSPS) is 28.6. The number of phenolic OH excluding ortho intramolecular Hbond substituents is 1. The molecular weight excluding hydrogens is 1010 g/mol. The van der Waals surface area contributed by atoms with Gasteiger partial charge in [-0.2, -0.15) is 0 Å². The van der Waals surface area contributed by atoms with Crippen molar-refractivity contribution in [1.29, 1.82) is 0 Å². The molecule has 3 heterocycles. The molecule has 3 fully saturated rings. The lowest BCUT2D eigenvalue weighted by Crippen LogP contribution is -2.64. The largest absolute Gasteiger partial charge is 0.508 e. The van der Waals surface area contributed by atoms with Gasteiger partial charge in [0.2, 0.25) is 41.4 Å². The maximum atomic E-state index is 14.6. The molecule has 25 heteroatoms. The molecule has 0 radical (unpaired) electrons. The molecule has 0 aliphatic carbocycles. The van der Waals surface area contributed by atoms with Gasteiger partial charge in [-0.3, -0.25) is 33.6 Å². The number of aliphatic hydroxyl groups excluding tert-OH is 7. The highest BCUT2D eigenvalue weighted by Gasteiger charge is 2.49. The number of hydrogen-bond donors (Lipinski definition) is 15. The van der Waals surface area contributed by atoms with E-state index in [0.717, 1.165) is 55.2 Å². The number of carbonyl (C=O) groups is 7. The summed E-state index contributed by atoms with van der Waals surface area (Å²) in [6.07, 6.45) is -7.55. The van der Waals surface area contributed by atoms with Gasteiger partial charge in [0.1, 0.15) is 60.3 Å². The number of hydrogen-bond acceptors (Lipinski definition) is 18. The van der Waals surface area contributed by atoms with Crippen LogP contribution < -0.4 is 38.1 Å². The Hall–Kier alpha value is -5.09. The highest BCUT2D eigenvalue weighted by Crippen LogP contribution is 2.27. The molecule has 4 rings (SSSR count). The Balaban J connectivity index is 1.73. The van der Waals surface area contributed by atoms with Gasteiger partial charge >= 0.3 is 0 Å². The molecule has 2 unspecified atom stereocenters. The van der Waals surface area contributed by atoms with Crippen molar-refractivity contribution in [3.8, 4) is 5.75 Å². The second-order valence-corrected chi connectivity index (χ2v) is 21.1. The van der Waals surface area contributed by atoms with Crippen LogP contribution >= 0.6 is 0 Å². The maximum absolute atomic E-state index is 14.6. The van der Waals surface area contributed by atoms with Crippen LogP contribution in [0, 0.1) is 11.8 Å². The highest BCUT2D eigenvalue weighted by molar-refractivity contribution is 5.98. The second-order valence-electron chi connectivity index (χ2n) is 21.1. The first-order chi connectivity index (χ1) is 36.5. The first-order valence-corrected chi connectivity index (χ1v) is 27.2. The number of aliphatic hydroxyl groups is 7. The third-order valence-electron chi connectivity index (χ3n) is 14.8. The minimum atomic E-state index is -2.29. The number of aromatic hydroxyl groups is 1. The van der Waals surface area contributed by atoms with Crippen molar-refractivity contribution in [2.45, 2.75) is 203 Å². The summed E-state index contributed by atoms with van der Waals surface area (Å²) < 4.78 is 5.73. The zero-order valence-corrected chi connectivity index (χ0v) is 44.9. The molecule has 3 aliphatic rings. The molecule has 3 aliphatic heterocycles. The highest BCUT2D eigenvalue weighted by atomic mass is 16.5. The van der Waals surface area contributed by atoms with Crippen molar-refractivity contribution in [2.75, 3.05) is 32.8 Å². The van der Waals surface area contributed by atoms with Gasteiger partial charge in [-0.1, -0.05) is 77.8 Å². The van der Waals surface area contributed by atoms with Gasteiger partial charge in [0.05, 0.1) is 31.0 Å². The van der Waals surface area contributed by atoms with E-state index in [1.54, 1.807) is 0 Å². The molecule has 77 heavy (non-hydrogen) atoms. The first kappa shape index (κ1) is 64.4. The molecule has 436 valence electrons. The number of rotatable bonds is 23. The van der Waals surface area contributed by atoms with E-state index in [2.05, 4.69) is 47.4 Å². The number of phenols is 1. The molecular formula is C52H87N9O16. The average Bonchev–Trinajstić information content (AvgIpc) is 3.99. The summed E-state index contributed by atoms with van der Waals surface area (Å²) in [5.41, 5.74) is 11.4. The first-order valence-electron chi connectivity index (χ1n) is 27.2. The van der Waals surface area contributed by atoms with Crippen LogP contribution in [0.15, 0.2) is 24.3 Å². The van der Waals surface area contributed by atoms with Crippen LogP contribution in [0.4, 0.5) is 0 Å². The quantitative estimate of drug-likeness (QED) is 0.0489. The Labute approximate surface area is 450 Å². The fraction of sp³-hybridized carbons (Fsp3) is 0.750. The van der Waals surface area contributed by atoms with Crippen LogP contribution in [0.25, 0.3) is 0 Å². The third-order valence-corrected chi connectivity index (χ3v) is 14.8. The summed E-state index contributed by atoms with van der Waals surface area (Å²) in [5, 5.41) is 101. The lowest BCUT2D eigenvalue weighted by Gasteiger charge is -2.35. The second kappa shape index (κ2) is 31.5. The molecule has 0 aromatic heterocycles. The van der Waals surface area contributed by atoms with E-state index in [0.29, 0.717) is 24.7 Å². The van der Waals surface area contributed by atoms with Crippen LogP contribution in [0.1, 0.15) is 129 Å². The van der Waals surface area contributed by atoms with Crippen molar-refractivity contribution >= 4 is 41.4 Å². The van der Waals surface area contributed by atoms with Crippen molar-refractivity contribution < 1.29 is 79.2 Å². The maximum Gasteiger partial charge on any atom is 0.248 e. The Morgan fingerprint density at radius 3 is 1.99 bits per heavy atom. The summed E-state index contributed by atoms with van der Waals surface area (Å²) in [6.45, 7) is 6.32. The number of fused-ring (bicyclic) bond motifs is 2. The molecule has 17 N–H and O–H groups in total. The zero-order chi connectivity index (χ0) is 57.1. The van der Waals surface area contributed by atoms with Crippen LogP contribution in [0.2, 0.25) is 0 Å². The number of ether oxygens (including phenoxy) is 1. The summed E-state index contributed by atoms with van der Waals surface area (Å²) in [4.78, 5) is 102. The standard InChI is InChI=1S/C52H87N9O16/c1-5-28(2)24-29(3)12-10-8-6-7-9-11-13-39(68)55-34-26-38(67)50(77-23-21-54)59-49(74)43-37(66)19-22-60(43)52(76)41(36(65)18-20-53)57-48(73)42(45(70)44(69)31-14-16-32(63)17-15-31)58-47(72)35-25-33(64)27-61(35)51(75)40(30(4)62)56-46(34)71/h14-17,28-30,33-38,40-45,50,62-67,69-70H,5-13,18-27,53-54H2,1-4H3,(H,55,68)(H,56,71)(H,57,73)(H,58,72)(H,59,74)/t28?,29?,30-,33-,34+,35+,36-,37+,38-,40+,41+,42+,43+,44+,45+,50-/m1/s1. The van der Waals surface area contributed by atoms with E-state index in [1.165, 1.54) is 30.7 Å². The van der Waals surface area contributed by atoms with Gasteiger partial charge in [-0.15, -0.1) is 0 Å². The fourth-order valence-corrected chi connectivity index (χ4v) is 10.1. The molecule has 7 amide bonds. The third kappa shape index (κ3) is 18.8. The topological polar surface area (TPSA) is 409 Å². The van der Waals surface area contributed by atoms with Gasteiger partial charge < -0.3 is 93.4 Å². The van der Waals surface area contributed by atoms with E-state index in [-0.39, 0.29) is 56.8 Å². The predicted molar refractivity (Wildman–Crippen MR) is 278 cm³/mol. The molecule has 1 aromatic carbocycles. The predicted octanol–water partition coefficient (Wildman–Crippen LogP) is -2.88. The minimum absolute atomic E-state index is 0.0414. The number of amides is 7.